The van der Waals surface area contributed by atoms with Gasteiger partial charge in [0.2, 0.25) is 0 Å². The van der Waals surface area contributed by atoms with Crippen molar-refractivity contribution >= 4 is 41.3 Å². The maximum absolute atomic E-state index is 5.28. The van der Waals surface area contributed by atoms with E-state index in [0.717, 1.165) is 60.4 Å². The van der Waals surface area contributed by atoms with Gasteiger partial charge in [0.05, 0.1) is 10.7 Å². The molecule has 0 amide bonds. The third-order valence-corrected chi connectivity index (χ3v) is 5.75. The van der Waals surface area contributed by atoms with E-state index in [0.29, 0.717) is 5.89 Å². The number of rotatable bonds is 8. The fourth-order valence-corrected chi connectivity index (χ4v) is 3.74. The highest BCUT2D eigenvalue weighted by molar-refractivity contribution is 14.0. The molecule has 0 bridgehead atoms. The zero-order valence-electron chi connectivity index (χ0n) is 17.9. The number of guanidine groups is 1. The fourth-order valence-electron chi connectivity index (χ4n) is 2.81. The molecule has 9 heteroatoms. The van der Waals surface area contributed by atoms with Gasteiger partial charge in [-0.2, -0.15) is 4.98 Å². The minimum atomic E-state index is 0. The number of aliphatic imine (C=N–C) groups is 1. The average molecular weight is 540 g/mol. The highest BCUT2D eigenvalue weighted by Gasteiger charge is 2.08. The summed E-state index contributed by atoms with van der Waals surface area (Å²) in [5.41, 5.74) is 3.31. The van der Waals surface area contributed by atoms with Gasteiger partial charge in [-0.25, -0.2) is 4.98 Å². The zero-order valence-corrected chi connectivity index (χ0v) is 21.0. The molecule has 2 heterocycles. The monoisotopic (exact) mass is 540 g/mol. The van der Waals surface area contributed by atoms with Gasteiger partial charge in [0.1, 0.15) is 0 Å². The predicted molar refractivity (Wildman–Crippen MR) is 133 cm³/mol. The van der Waals surface area contributed by atoms with Crippen molar-refractivity contribution in [3.8, 4) is 11.5 Å². The first kappa shape index (κ1) is 24.3. The summed E-state index contributed by atoms with van der Waals surface area (Å²) in [5, 5.41) is 11.8. The van der Waals surface area contributed by atoms with Crippen molar-refractivity contribution in [1.29, 1.82) is 0 Å². The van der Waals surface area contributed by atoms with Gasteiger partial charge in [-0.3, -0.25) is 4.99 Å². The van der Waals surface area contributed by atoms with Crippen LogP contribution in [0.3, 0.4) is 0 Å². The van der Waals surface area contributed by atoms with E-state index in [2.05, 4.69) is 56.7 Å². The van der Waals surface area contributed by atoms with Crippen molar-refractivity contribution in [3.05, 3.63) is 51.2 Å². The Labute approximate surface area is 198 Å². The maximum Gasteiger partial charge on any atom is 0.257 e. The number of aryl methyl sites for hydroxylation is 3. The first-order valence-electron chi connectivity index (χ1n) is 9.88. The van der Waals surface area contributed by atoms with Crippen LogP contribution in [0.4, 0.5) is 0 Å². The lowest BCUT2D eigenvalue weighted by atomic mass is 10.1. The average Bonchev–Trinajstić information content (AvgIpc) is 3.34. The molecule has 0 saturated heterocycles. The molecule has 0 saturated carbocycles. The van der Waals surface area contributed by atoms with Crippen molar-refractivity contribution in [3.63, 3.8) is 0 Å². The van der Waals surface area contributed by atoms with Crippen molar-refractivity contribution in [2.45, 2.75) is 40.0 Å². The van der Waals surface area contributed by atoms with E-state index in [1.54, 1.807) is 18.4 Å². The van der Waals surface area contributed by atoms with E-state index in [-0.39, 0.29) is 24.0 Å². The summed E-state index contributed by atoms with van der Waals surface area (Å²) in [7, 11) is 1.79. The Morgan fingerprint density at radius 2 is 1.77 bits per heavy atom. The van der Waals surface area contributed by atoms with Crippen LogP contribution in [0, 0.1) is 13.8 Å². The van der Waals surface area contributed by atoms with E-state index < -0.39 is 0 Å². The number of benzene rings is 1. The van der Waals surface area contributed by atoms with Gasteiger partial charge in [0.15, 0.2) is 11.8 Å². The standard InChI is InChI=1S/C21H28N6OS.HI/c1-5-18-26-20(28-27-18)17-8-6-16(7-9-17)10-12-23-21(22-4)24-13-11-19-25-14(2)15(3)29-19;/h6-9H,5,10-13H2,1-4H3,(H2,22,23,24);1H. The molecular formula is C21H29IN6OS. The molecule has 0 aliphatic heterocycles. The highest BCUT2D eigenvalue weighted by atomic mass is 127. The molecule has 0 radical (unpaired) electrons. The minimum Gasteiger partial charge on any atom is -0.356 e. The predicted octanol–water partition coefficient (Wildman–Crippen LogP) is 3.94. The second kappa shape index (κ2) is 12.0. The second-order valence-corrected chi connectivity index (χ2v) is 8.03. The molecule has 2 aromatic heterocycles. The van der Waals surface area contributed by atoms with Crippen molar-refractivity contribution in [2.75, 3.05) is 20.1 Å². The molecule has 0 aliphatic rings. The molecule has 3 rings (SSSR count). The first-order valence-corrected chi connectivity index (χ1v) is 10.7. The van der Waals surface area contributed by atoms with Gasteiger partial charge in [-0.1, -0.05) is 24.2 Å². The summed E-state index contributed by atoms with van der Waals surface area (Å²) in [6.07, 6.45) is 2.57. The first-order chi connectivity index (χ1) is 14.1. The van der Waals surface area contributed by atoms with Gasteiger partial charge in [-0.15, -0.1) is 35.3 Å². The molecule has 0 spiro atoms. The van der Waals surface area contributed by atoms with Crippen LogP contribution < -0.4 is 10.6 Å². The van der Waals surface area contributed by atoms with Crippen LogP contribution in [0.5, 0.6) is 0 Å². The van der Waals surface area contributed by atoms with Crippen LogP contribution in [0.2, 0.25) is 0 Å². The number of hydrogen-bond donors (Lipinski definition) is 2. The van der Waals surface area contributed by atoms with E-state index >= 15 is 0 Å². The summed E-state index contributed by atoms with van der Waals surface area (Å²) in [5.74, 6) is 2.11. The lowest BCUT2D eigenvalue weighted by Crippen LogP contribution is -2.39. The number of thiazole rings is 1. The van der Waals surface area contributed by atoms with E-state index in [9.17, 15) is 0 Å². The third kappa shape index (κ3) is 6.76. The Bertz CT molecular complexity index is 931. The second-order valence-electron chi connectivity index (χ2n) is 6.74. The smallest absolute Gasteiger partial charge is 0.257 e. The molecule has 0 atom stereocenters. The summed E-state index contributed by atoms with van der Waals surface area (Å²) in [6.45, 7) is 7.79. The van der Waals surface area contributed by atoms with Crippen LogP contribution in [0.1, 0.15) is 33.9 Å². The quantitative estimate of drug-likeness (QED) is 0.256. The molecule has 30 heavy (non-hydrogen) atoms. The van der Waals surface area contributed by atoms with Crippen molar-refractivity contribution in [2.24, 2.45) is 4.99 Å². The molecule has 0 fully saturated rings. The van der Waals surface area contributed by atoms with Crippen LogP contribution in [0.25, 0.3) is 11.5 Å². The Hall–Kier alpha value is -2.01. The maximum atomic E-state index is 5.28. The molecule has 7 nitrogen and oxygen atoms in total. The summed E-state index contributed by atoms with van der Waals surface area (Å²) < 4.78 is 5.28. The van der Waals surface area contributed by atoms with Gasteiger partial charge < -0.3 is 15.2 Å². The van der Waals surface area contributed by atoms with Gasteiger partial charge in [-0.05, 0) is 38.0 Å². The fraction of sp³-hybridized carbons (Fsp3) is 0.429. The minimum absolute atomic E-state index is 0. The largest absolute Gasteiger partial charge is 0.356 e. The van der Waals surface area contributed by atoms with E-state index in [4.69, 9.17) is 4.52 Å². The SMILES string of the molecule is CCc1noc(-c2ccc(CCNC(=NC)NCCc3nc(C)c(C)s3)cc2)n1.I. The number of nitrogens with one attached hydrogen (secondary N) is 2. The normalized spacial score (nSPS) is 11.3. The Morgan fingerprint density at radius 3 is 2.33 bits per heavy atom. The lowest BCUT2D eigenvalue weighted by molar-refractivity contribution is 0.423. The molecule has 2 N–H and O–H groups in total. The van der Waals surface area contributed by atoms with Gasteiger partial charge in [0, 0.05) is 43.4 Å². The molecule has 0 unspecified atom stereocenters. The summed E-state index contributed by atoms with van der Waals surface area (Å²) in [4.78, 5) is 14.5. The van der Waals surface area contributed by atoms with Crippen LogP contribution in [-0.2, 0) is 19.3 Å². The van der Waals surface area contributed by atoms with Crippen molar-refractivity contribution < 1.29 is 4.52 Å². The topological polar surface area (TPSA) is 88.2 Å². The molecule has 162 valence electrons. The van der Waals surface area contributed by atoms with Crippen molar-refractivity contribution in [1.82, 2.24) is 25.8 Å². The van der Waals surface area contributed by atoms with Crippen LogP contribution in [-0.4, -0.2) is 41.2 Å². The number of aromatic nitrogens is 3. The number of nitrogens with zero attached hydrogens (tertiary/aromatic N) is 4. The number of hydrogen-bond acceptors (Lipinski definition) is 6. The third-order valence-electron chi connectivity index (χ3n) is 4.62. The lowest BCUT2D eigenvalue weighted by Gasteiger charge is -2.11. The molecule has 1 aromatic carbocycles. The zero-order chi connectivity index (χ0) is 20.6. The van der Waals surface area contributed by atoms with Gasteiger partial charge in [0.25, 0.3) is 5.89 Å². The van der Waals surface area contributed by atoms with E-state index in [1.165, 1.54) is 10.4 Å². The Kier molecular flexibility index (Phi) is 9.70. The molecule has 0 aliphatic carbocycles. The van der Waals surface area contributed by atoms with Crippen LogP contribution in [0.15, 0.2) is 33.8 Å². The van der Waals surface area contributed by atoms with Crippen LogP contribution >= 0.6 is 35.3 Å². The summed E-state index contributed by atoms with van der Waals surface area (Å²) >= 11 is 1.76. The van der Waals surface area contributed by atoms with Gasteiger partial charge >= 0.3 is 0 Å². The molecule has 3 aromatic rings. The summed E-state index contributed by atoms with van der Waals surface area (Å²) in [6, 6.07) is 8.23. The Balaban J connectivity index is 0.00000320. The highest BCUT2D eigenvalue weighted by Crippen LogP contribution is 2.18. The Morgan fingerprint density at radius 1 is 1.07 bits per heavy atom. The number of halogens is 1. The van der Waals surface area contributed by atoms with E-state index in [1.807, 2.05) is 19.1 Å². The molecular weight excluding hydrogens is 511 g/mol.